The fraction of sp³-hybridized carbons (Fsp3) is 0.316. The van der Waals surface area contributed by atoms with E-state index in [1.807, 2.05) is 19.1 Å². The van der Waals surface area contributed by atoms with Gasteiger partial charge in [-0.2, -0.15) is 0 Å². The lowest BCUT2D eigenvalue weighted by Crippen LogP contribution is -2.27. The molecule has 1 aliphatic heterocycles. The number of benzene rings is 2. The van der Waals surface area contributed by atoms with Crippen molar-refractivity contribution in [1.82, 2.24) is 4.72 Å². The van der Waals surface area contributed by atoms with Crippen LogP contribution >= 0.6 is 0 Å². The quantitative estimate of drug-likeness (QED) is 0.843. The predicted molar refractivity (Wildman–Crippen MR) is 99.8 cm³/mol. The number of hydrogen-bond acceptors (Lipinski definition) is 4. The highest BCUT2D eigenvalue weighted by atomic mass is 32.2. The van der Waals surface area contributed by atoms with Crippen molar-refractivity contribution in [2.45, 2.75) is 31.2 Å². The van der Waals surface area contributed by atoms with Gasteiger partial charge in [-0.25, -0.2) is 13.1 Å². The molecule has 0 unspecified atom stereocenters. The number of carbonyl (C=O) groups excluding carboxylic acids is 1. The van der Waals surface area contributed by atoms with Gasteiger partial charge in [-0.05, 0) is 47.9 Å². The Hall–Kier alpha value is -2.38. The lowest BCUT2D eigenvalue weighted by atomic mass is 10.2. The molecule has 2 aromatic carbocycles. The van der Waals surface area contributed by atoms with E-state index in [0.717, 1.165) is 22.6 Å². The summed E-state index contributed by atoms with van der Waals surface area (Å²) in [6, 6.07) is 12.1. The molecular formula is C19H22N2O4S. The second kappa shape index (κ2) is 7.47. The fourth-order valence-corrected chi connectivity index (χ4v) is 4.07. The van der Waals surface area contributed by atoms with Crippen molar-refractivity contribution in [3.63, 3.8) is 0 Å². The maximum Gasteiger partial charge on any atom is 0.240 e. The molecule has 138 valence electrons. The molecule has 1 heterocycles. The van der Waals surface area contributed by atoms with E-state index >= 15 is 0 Å². The Balaban J connectivity index is 1.74. The van der Waals surface area contributed by atoms with Crippen molar-refractivity contribution in [2.75, 3.05) is 18.6 Å². The molecule has 0 aromatic heterocycles. The van der Waals surface area contributed by atoms with Crippen LogP contribution in [-0.2, 0) is 27.8 Å². The highest BCUT2D eigenvalue weighted by Gasteiger charge is 2.25. The lowest BCUT2D eigenvalue weighted by molar-refractivity contribution is -0.118. The van der Waals surface area contributed by atoms with Crippen LogP contribution in [0.2, 0.25) is 0 Å². The van der Waals surface area contributed by atoms with E-state index < -0.39 is 10.0 Å². The number of anilines is 1. The first kappa shape index (κ1) is 18.4. The molecule has 0 fully saturated rings. The van der Waals surface area contributed by atoms with Gasteiger partial charge >= 0.3 is 0 Å². The second-order valence-corrected chi connectivity index (χ2v) is 7.88. The van der Waals surface area contributed by atoms with Gasteiger partial charge in [0.05, 0.1) is 12.0 Å². The Morgan fingerprint density at radius 1 is 1.19 bits per heavy atom. The van der Waals surface area contributed by atoms with Gasteiger partial charge in [0.2, 0.25) is 15.9 Å². The maximum absolute atomic E-state index is 12.6. The third kappa shape index (κ3) is 3.73. The van der Waals surface area contributed by atoms with Gasteiger partial charge in [0.1, 0.15) is 5.75 Å². The van der Waals surface area contributed by atoms with Crippen LogP contribution in [0.5, 0.6) is 5.75 Å². The van der Waals surface area contributed by atoms with Crippen molar-refractivity contribution in [3.05, 3.63) is 53.6 Å². The van der Waals surface area contributed by atoms with Gasteiger partial charge in [0.15, 0.2) is 0 Å². The zero-order valence-corrected chi connectivity index (χ0v) is 15.7. The second-order valence-electron chi connectivity index (χ2n) is 6.11. The van der Waals surface area contributed by atoms with E-state index in [4.69, 9.17) is 4.74 Å². The molecule has 7 heteroatoms. The Bertz CT molecular complexity index is 908. The zero-order valence-electron chi connectivity index (χ0n) is 14.9. The van der Waals surface area contributed by atoms with Crippen LogP contribution in [-0.4, -0.2) is 28.0 Å². The molecule has 1 aliphatic rings. The molecule has 2 aromatic rings. The average molecular weight is 374 g/mol. The van der Waals surface area contributed by atoms with Gasteiger partial charge in [0.25, 0.3) is 0 Å². The van der Waals surface area contributed by atoms with Crippen molar-refractivity contribution in [1.29, 1.82) is 0 Å². The summed E-state index contributed by atoms with van der Waals surface area (Å²) in [4.78, 5) is 13.9. The summed E-state index contributed by atoms with van der Waals surface area (Å²) in [5.41, 5.74) is 2.54. The number of nitrogens with zero attached hydrogens (tertiary/aromatic N) is 1. The summed E-state index contributed by atoms with van der Waals surface area (Å²) in [7, 11) is -2.04. The van der Waals surface area contributed by atoms with Crippen LogP contribution in [0.1, 0.15) is 24.5 Å². The molecule has 0 atom stereocenters. The van der Waals surface area contributed by atoms with E-state index in [9.17, 15) is 13.2 Å². The lowest BCUT2D eigenvalue weighted by Gasteiger charge is -2.16. The molecule has 0 saturated heterocycles. The van der Waals surface area contributed by atoms with Crippen molar-refractivity contribution in [2.24, 2.45) is 0 Å². The van der Waals surface area contributed by atoms with Gasteiger partial charge in [0, 0.05) is 25.2 Å². The van der Waals surface area contributed by atoms with E-state index in [0.29, 0.717) is 19.4 Å². The summed E-state index contributed by atoms with van der Waals surface area (Å²) in [6.07, 6.45) is 1.10. The largest absolute Gasteiger partial charge is 0.497 e. The topological polar surface area (TPSA) is 75.7 Å². The normalized spacial score (nSPS) is 13.5. The molecule has 26 heavy (non-hydrogen) atoms. The summed E-state index contributed by atoms with van der Waals surface area (Å²) in [6.45, 7) is 2.62. The first-order valence-corrected chi connectivity index (χ1v) is 9.99. The van der Waals surface area contributed by atoms with Crippen LogP contribution in [0.25, 0.3) is 0 Å². The number of sulfonamides is 1. The summed E-state index contributed by atoms with van der Waals surface area (Å²) in [5, 5.41) is 0. The first-order chi connectivity index (χ1) is 12.4. The fourth-order valence-electron chi connectivity index (χ4n) is 3.00. The number of rotatable bonds is 6. The number of fused-ring (bicyclic) bond motifs is 1. The SMILES string of the molecule is CCC(=O)N1CCc2cc(S(=O)(=O)NCc3ccc(OC)cc3)ccc21. The highest BCUT2D eigenvalue weighted by Crippen LogP contribution is 2.30. The Kier molecular flexibility index (Phi) is 5.29. The smallest absolute Gasteiger partial charge is 0.240 e. The third-order valence-corrected chi connectivity index (χ3v) is 5.88. The summed E-state index contributed by atoms with van der Waals surface area (Å²) < 4.78 is 32.9. The molecule has 0 spiro atoms. The van der Waals surface area contributed by atoms with Gasteiger partial charge in [-0.3, -0.25) is 4.79 Å². The minimum atomic E-state index is -3.62. The number of carbonyl (C=O) groups is 1. The van der Waals surface area contributed by atoms with Crippen LogP contribution in [0.3, 0.4) is 0 Å². The van der Waals surface area contributed by atoms with Gasteiger partial charge < -0.3 is 9.64 Å². The van der Waals surface area contributed by atoms with Crippen molar-refractivity contribution < 1.29 is 17.9 Å². The van der Waals surface area contributed by atoms with Crippen LogP contribution in [0, 0.1) is 0 Å². The molecule has 1 amide bonds. The Morgan fingerprint density at radius 3 is 2.58 bits per heavy atom. The summed E-state index contributed by atoms with van der Waals surface area (Å²) in [5.74, 6) is 0.776. The molecule has 3 rings (SSSR count). The zero-order chi connectivity index (χ0) is 18.7. The number of nitrogens with one attached hydrogen (secondary N) is 1. The van der Waals surface area contributed by atoms with Gasteiger partial charge in [-0.15, -0.1) is 0 Å². The van der Waals surface area contributed by atoms with E-state index in [1.54, 1.807) is 42.3 Å². The minimum absolute atomic E-state index is 0.0528. The molecule has 0 bridgehead atoms. The summed E-state index contributed by atoms with van der Waals surface area (Å²) >= 11 is 0. The highest BCUT2D eigenvalue weighted by molar-refractivity contribution is 7.89. The Labute approximate surface area is 153 Å². The third-order valence-electron chi connectivity index (χ3n) is 4.49. The molecule has 1 N–H and O–H groups in total. The molecule has 0 radical (unpaired) electrons. The molecular weight excluding hydrogens is 352 g/mol. The van der Waals surface area contributed by atoms with Gasteiger partial charge in [-0.1, -0.05) is 19.1 Å². The predicted octanol–water partition coefficient (Wildman–Crippen LogP) is 2.47. The monoisotopic (exact) mass is 374 g/mol. The van der Waals surface area contributed by atoms with Crippen LogP contribution in [0.4, 0.5) is 5.69 Å². The number of amides is 1. The van der Waals surface area contributed by atoms with Crippen LogP contribution < -0.4 is 14.4 Å². The number of hydrogen-bond donors (Lipinski definition) is 1. The number of methoxy groups -OCH3 is 1. The first-order valence-electron chi connectivity index (χ1n) is 8.50. The van der Waals surface area contributed by atoms with Crippen molar-refractivity contribution >= 4 is 21.6 Å². The van der Waals surface area contributed by atoms with E-state index in [2.05, 4.69) is 4.72 Å². The maximum atomic E-state index is 12.6. The van der Waals surface area contributed by atoms with E-state index in [-0.39, 0.29) is 17.3 Å². The van der Waals surface area contributed by atoms with Crippen molar-refractivity contribution in [3.8, 4) is 5.75 Å². The molecule has 0 aliphatic carbocycles. The molecule has 0 saturated carbocycles. The average Bonchev–Trinajstić information content (AvgIpc) is 3.09. The molecule has 6 nitrogen and oxygen atoms in total. The minimum Gasteiger partial charge on any atom is -0.497 e. The number of ether oxygens (including phenoxy) is 1. The van der Waals surface area contributed by atoms with E-state index in [1.165, 1.54) is 0 Å². The standard InChI is InChI=1S/C19H22N2O4S/c1-3-19(22)21-11-10-15-12-17(8-9-18(15)21)26(23,24)20-13-14-4-6-16(25-2)7-5-14/h4-9,12,20H,3,10-11,13H2,1-2H3. The van der Waals surface area contributed by atoms with Crippen LogP contribution in [0.15, 0.2) is 47.4 Å². The Morgan fingerprint density at radius 2 is 1.92 bits per heavy atom.